The average Bonchev–Trinajstić information content (AvgIpc) is 3.16. The third kappa shape index (κ3) is 4.48. The zero-order valence-corrected chi connectivity index (χ0v) is 19.5. The highest BCUT2D eigenvalue weighted by Crippen LogP contribution is 2.31. The van der Waals surface area contributed by atoms with E-state index in [0.29, 0.717) is 22.8 Å². The molecule has 0 aliphatic rings. The van der Waals surface area contributed by atoms with E-state index in [1.807, 2.05) is 42.5 Å². The Morgan fingerprint density at radius 3 is 2.10 bits per heavy atom. The quantitative estimate of drug-likeness (QED) is 0.331. The smallest absolute Gasteiger partial charge is 0.272 e. The molecule has 2 N–H and O–H groups in total. The second kappa shape index (κ2) is 8.33. The molecule has 4 rings (SSSR count). The minimum atomic E-state index is -3.80. The molecule has 2 aromatic heterocycles. The van der Waals surface area contributed by atoms with Gasteiger partial charge >= 0.3 is 0 Å². The molecule has 2 aromatic carbocycles. The van der Waals surface area contributed by atoms with E-state index in [1.54, 1.807) is 18.2 Å². The number of hydrogen-bond acceptors (Lipinski definition) is 6. The van der Waals surface area contributed by atoms with Crippen molar-refractivity contribution in [2.45, 2.75) is 24.0 Å². The molecule has 0 saturated carbocycles. The fourth-order valence-electron chi connectivity index (χ4n) is 2.87. The first-order chi connectivity index (χ1) is 14.3. The van der Waals surface area contributed by atoms with Crippen LogP contribution in [0.4, 0.5) is 17.3 Å². The van der Waals surface area contributed by atoms with Crippen LogP contribution in [0, 0.1) is 0 Å². The lowest BCUT2D eigenvalue weighted by Crippen LogP contribution is -2.15. The molecule has 0 amide bonds. The highest BCUT2D eigenvalue weighted by atomic mass is 79.9. The number of para-hydroxylation sites is 2. The van der Waals surface area contributed by atoms with E-state index in [0.717, 1.165) is 20.8 Å². The van der Waals surface area contributed by atoms with Gasteiger partial charge in [0.1, 0.15) is 4.21 Å². The second-order valence-corrected chi connectivity index (χ2v) is 11.3. The Morgan fingerprint density at radius 2 is 1.53 bits per heavy atom. The van der Waals surface area contributed by atoms with Crippen molar-refractivity contribution in [2.75, 3.05) is 10.0 Å². The van der Waals surface area contributed by atoms with Crippen molar-refractivity contribution in [3.8, 4) is 0 Å². The normalized spacial score (nSPS) is 11.7. The van der Waals surface area contributed by atoms with Crippen LogP contribution in [0.25, 0.3) is 11.0 Å². The molecule has 0 spiro atoms. The van der Waals surface area contributed by atoms with Crippen LogP contribution in [0.2, 0.25) is 0 Å². The minimum absolute atomic E-state index is 0.145. The monoisotopic (exact) mass is 502 g/mol. The van der Waals surface area contributed by atoms with Crippen molar-refractivity contribution in [1.82, 2.24) is 9.97 Å². The standard InChI is InChI=1S/C21H19BrN4O2S2/c1-13(2)14-7-9-15(10-8-14)23-20-21(25-17-6-4-3-5-16(17)24-20)26-30(27,28)19-12-11-18(22)29-19/h3-13H,1-2H3,(H,23,24)(H,25,26). The van der Waals surface area contributed by atoms with Crippen LogP contribution in [-0.2, 0) is 10.0 Å². The lowest BCUT2D eigenvalue weighted by molar-refractivity contribution is 0.603. The largest absolute Gasteiger partial charge is 0.337 e. The summed E-state index contributed by atoms with van der Waals surface area (Å²) in [5.74, 6) is 0.906. The molecular weight excluding hydrogens is 484 g/mol. The van der Waals surface area contributed by atoms with Crippen molar-refractivity contribution in [1.29, 1.82) is 0 Å². The molecule has 0 bridgehead atoms. The molecule has 4 aromatic rings. The molecule has 30 heavy (non-hydrogen) atoms. The molecule has 0 radical (unpaired) electrons. The van der Waals surface area contributed by atoms with E-state index in [-0.39, 0.29) is 10.0 Å². The molecular formula is C21H19BrN4O2S2. The summed E-state index contributed by atoms with van der Waals surface area (Å²) in [5, 5.41) is 3.20. The number of rotatable bonds is 6. The number of hydrogen-bond donors (Lipinski definition) is 2. The number of sulfonamides is 1. The van der Waals surface area contributed by atoms with Crippen LogP contribution in [0.1, 0.15) is 25.3 Å². The molecule has 154 valence electrons. The molecule has 0 fully saturated rings. The first kappa shape index (κ1) is 20.8. The predicted octanol–water partition coefficient (Wildman–Crippen LogP) is 6.12. The van der Waals surface area contributed by atoms with Gasteiger partial charge in [0.25, 0.3) is 10.0 Å². The summed E-state index contributed by atoms with van der Waals surface area (Å²) in [4.78, 5) is 9.12. The van der Waals surface area contributed by atoms with Crippen LogP contribution in [-0.4, -0.2) is 18.4 Å². The van der Waals surface area contributed by atoms with Crippen LogP contribution < -0.4 is 10.0 Å². The Hall–Kier alpha value is -2.49. The minimum Gasteiger partial charge on any atom is -0.337 e. The van der Waals surface area contributed by atoms with Crippen molar-refractivity contribution in [2.24, 2.45) is 0 Å². The fraction of sp³-hybridized carbons (Fsp3) is 0.143. The number of thiophene rings is 1. The molecule has 0 aliphatic heterocycles. The molecule has 0 atom stereocenters. The van der Waals surface area contributed by atoms with Gasteiger partial charge in [0, 0.05) is 5.69 Å². The van der Waals surface area contributed by atoms with Crippen LogP contribution in [0.3, 0.4) is 0 Å². The van der Waals surface area contributed by atoms with E-state index < -0.39 is 10.0 Å². The van der Waals surface area contributed by atoms with Crippen molar-refractivity contribution in [3.05, 3.63) is 70.0 Å². The van der Waals surface area contributed by atoms with Gasteiger partial charge in [-0.25, -0.2) is 18.4 Å². The zero-order chi connectivity index (χ0) is 21.3. The fourth-order valence-corrected chi connectivity index (χ4v) is 5.89. The average molecular weight is 503 g/mol. The van der Waals surface area contributed by atoms with E-state index in [9.17, 15) is 8.42 Å². The van der Waals surface area contributed by atoms with Crippen molar-refractivity contribution in [3.63, 3.8) is 0 Å². The maximum absolute atomic E-state index is 12.9. The van der Waals surface area contributed by atoms with E-state index in [2.05, 4.69) is 49.8 Å². The highest BCUT2D eigenvalue weighted by Gasteiger charge is 2.20. The summed E-state index contributed by atoms with van der Waals surface area (Å²) in [6.45, 7) is 4.26. The van der Waals surface area contributed by atoms with Gasteiger partial charge < -0.3 is 5.32 Å². The number of nitrogens with one attached hydrogen (secondary N) is 2. The SMILES string of the molecule is CC(C)c1ccc(Nc2nc3ccccc3nc2NS(=O)(=O)c2ccc(Br)s2)cc1. The van der Waals surface area contributed by atoms with Crippen LogP contribution >= 0.6 is 27.3 Å². The van der Waals surface area contributed by atoms with E-state index in [4.69, 9.17) is 0 Å². The Bertz CT molecular complexity index is 1300. The summed E-state index contributed by atoms with van der Waals surface area (Å²) in [7, 11) is -3.80. The first-order valence-corrected chi connectivity index (χ1v) is 12.3. The summed E-state index contributed by atoms with van der Waals surface area (Å²) in [5.41, 5.74) is 3.28. The Kier molecular flexibility index (Phi) is 5.77. The van der Waals surface area contributed by atoms with Gasteiger partial charge in [0.2, 0.25) is 0 Å². The van der Waals surface area contributed by atoms with Gasteiger partial charge in [-0.2, -0.15) is 0 Å². The highest BCUT2D eigenvalue weighted by molar-refractivity contribution is 9.11. The molecule has 9 heteroatoms. The Balaban J connectivity index is 1.74. The topological polar surface area (TPSA) is 84.0 Å². The van der Waals surface area contributed by atoms with Gasteiger partial charge in [-0.1, -0.05) is 38.1 Å². The lowest BCUT2D eigenvalue weighted by atomic mass is 10.0. The van der Waals surface area contributed by atoms with Crippen LogP contribution in [0.15, 0.2) is 68.7 Å². The maximum atomic E-state index is 12.9. The van der Waals surface area contributed by atoms with Gasteiger partial charge in [0.15, 0.2) is 11.6 Å². The number of halogens is 1. The maximum Gasteiger partial charge on any atom is 0.272 e. The van der Waals surface area contributed by atoms with E-state index >= 15 is 0 Å². The lowest BCUT2D eigenvalue weighted by Gasteiger charge is -2.14. The number of nitrogens with zero attached hydrogens (tertiary/aromatic N) is 2. The van der Waals surface area contributed by atoms with Crippen molar-refractivity contribution < 1.29 is 8.42 Å². The number of benzene rings is 2. The first-order valence-electron chi connectivity index (χ1n) is 9.24. The molecule has 2 heterocycles. The number of fused-ring (bicyclic) bond motifs is 1. The third-order valence-corrected chi connectivity index (χ3v) is 7.91. The summed E-state index contributed by atoms with van der Waals surface area (Å²) < 4.78 is 29.2. The summed E-state index contributed by atoms with van der Waals surface area (Å²) in [6, 6.07) is 18.5. The number of anilines is 3. The van der Waals surface area contributed by atoms with Gasteiger partial charge in [0.05, 0.1) is 14.8 Å². The van der Waals surface area contributed by atoms with Gasteiger partial charge in [-0.15, -0.1) is 11.3 Å². The Morgan fingerprint density at radius 1 is 0.900 bits per heavy atom. The number of aromatic nitrogens is 2. The summed E-state index contributed by atoms with van der Waals surface area (Å²) in [6.07, 6.45) is 0. The molecule has 0 saturated heterocycles. The molecule has 0 aliphatic carbocycles. The second-order valence-electron chi connectivity index (χ2n) is 6.98. The third-order valence-electron chi connectivity index (χ3n) is 4.46. The zero-order valence-electron chi connectivity index (χ0n) is 16.3. The molecule has 0 unspecified atom stereocenters. The van der Waals surface area contributed by atoms with E-state index in [1.165, 1.54) is 5.56 Å². The van der Waals surface area contributed by atoms with Gasteiger partial charge in [-0.3, -0.25) is 4.72 Å². The van der Waals surface area contributed by atoms with Gasteiger partial charge in [-0.05, 0) is 63.8 Å². The molecule has 6 nitrogen and oxygen atoms in total. The Labute approximate surface area is 187 Å². The summed E-state index contributed by atoms with van der Waals surface area (Å²) >= 11 is 4.43. The van der Waals surface area contributed by atoms with Crippen LogP contribution in [0.5, 0.6) is 0 Å². The predicted molar refractivity (Wildman–Crippen MR) is 126 cm³/mol. The van der Waals surface area contributed by atoms with Crippen molar-refractivity contribution >= 4 is 65.6 Å².